The van der Waals surface area contributed by atoms with E-state index in [1.165, 1.54) is 5.56 Å². The van der Waals surface area contributed by atoms with Gasteiger partial charge >= 0.3 is 0 Å². The summed E-state index contributed by atoms with van der Waals surface area (Å²) >= 11 is 11.8. The molecule has 1 heterocycles. The zero-order chi connectivity index (χ0) is 17.5. The topological polar surface area (TPSA) is 49.8 Å². The molecule has 0 aliphatic carbocycles. The number of hydrogen-bond acceptors (Lipinski definition) is 4. The highest BCUT2D eigenvalue weighted by Gasteiger charge is 2.00. The van der Waals surface area contributed by atoms with Gasteiger partial charge in [-0.1, -0.05) is 47.5 Å². The molecule has 0 unspecified atom stereocenters. The van der Waals surface area contributed by atoms with Gasteiger partial charge in [0, 0.05) is 29.3 Å². The SMILES string of the molecule is Clc1ccc(CCNc2ccnc(NCc3ccc(Cl)cc3)n2)cc1. The number of halogens is 2. The van der Waals surface area contributed by atoms with E-state index < -0.39 is 0 Å². The van der Waals surface area contributed by atoms with Gasteiger partial charge in [-0.25, -0.2) is 4.98 Å². The largest absolute Gasteiger partial charge is 0.370 e. The molecule has 0 amide bonds. The van der Waals surface area contributed by atoms with E-state index in [0.29, 0.717) is 12.5 Å². The van der Waals surface area contributed by atoms with E-state index in [2.05, 4.69) is 20.6 Å². The number of aromatic nitrogens is 2. The van der Waals surface area contributed by atoms with Gasteiger partial charge in [-0.15, -0.1) is 0 Å². The first-order valence-corrected chi connectivity index (χ1v) is 8.74. The summed E-state index contributed by atoms with van der Waals surface area (Å²) in [6.45, 7) is 1.43. The number of benzene rings is 2. The first kappa shape index (κ1) is 17.5. The maximum Gasteiger partial charge on any atom is 0.224 e. The summed E-state index contributed by atoms with van der Waals surface area (Å²) < 4.78 is 0. The molecule has 3 aromatic rings. The van der Waals surface area contributed by atoms with Crippen LogP contribution in [-0.4, -0.2) is 16.5 Å². The quantitative estimate of drug-likeness (QED) is 0.609. The highest BCUT2D eigenvalue weighted by Crippen LogP contribution is 2.12. The van der Waals surface area contributed by atoms with Crippen molar-refractivity contribution in [2.75, 3.05) is 17.2 Å². The van der Waals surface area contributed by atoms with Gasteiger partial charge in [0.2, 0.25) is 5.95 Å². The second-order valence-electron chi connectivity index (χ2n) is 5.55. The van der Waals surface area contributed by atoms with Gasteiger partial charge in [0.1, 0.15) is 5.82 Å². The summed E-state index contributed by atoms with van der Waals surface area (Å²) in [6, 6.07) is 17.4. The van der Waals surface area contributed by atoms with E-state index in [1.807, 2.05) is 54.6 Å². The summed E-state index contributed by atoms with van der Waals surface area (Å²) in [4.78, 5) is 8.72. The van der Waals surface area contributed by atoms with Crippen molar-refractivity contribution < 1.29 is 0 Å². The molecule has 2 N–H and O–H groups in total. The van der Waals surface area contributed by atoms with Gasteiger partial charge in [0.15, 0.2) is 0 Å². The molecule has 1 aromatic heterocycles. The van der Waals surface area contributed by atoms with Crippen molar-refractivity contribution in [1.82, 2.24) is 9.97 Å². The van der Waals surface area contributed by atoms with Crippen molar-refractivity contribution in [1.29, 1.82) is 0 Å². The molecule has 25 heavy (non-hydrogen) atoms. The van der Waals surface area contributed by atoms with Crippen LogP contribution < -0.4 is 10.6 Å². The lowest BCUT2D eigenvalue weighted by Gasteiger charge is -2.09. The standard InChI is InChI=1S/C19H18Cl2N4/c20-16-5-1-14(2-6-16)9-11-22-18-10-12-23-19(25-18)24-13-15-3-7-17(21)8-4-15/h1-8,10,12H,9,11,13H2,(H2,22,23,24,25). The average Bonchev–Trinajstić information content (AvgIpc) is 2.63. The van der Waals surface area contributed by atoms with Gasteiger partial charge in [-0.3, -0.25) is 0 Å². The van der Waals surface area contributed by atoms with Gasteiger partial charge in [-0.05, 0) is 47.9 Å². The first-order chi connectivity index (χ1) is 12.2. The van der Waals surface area contributed by atoms with Crippen molar-refractivity contribution in [3.8, 4) is 0 Å². The fraction of sp³-hybridized carbons (Fsp3) is 0.158. The van der Waals surface area contributed by atoms with Crippen LogP contribution in [0.4, 0.5) is 11.8 Å². The first-order valence-electron chi connectivity index (χ1n) is 7.99. The lowest BCUT2D eigenvalue weighted by atomic mass is 10.1. The summed E-state index contributed by atoms with van der Waals surface area (Å²) in [5.41, 5.74) is 2.35. The Balaban J connectivity index is 1.50. The Kier molecular flexibility index (Phi) is 6.09. The van der Waals surface area contributed by atoms with Crippen molar-refractivity contribution in [2.45, 2.75) is 13.0 Å². The minimum atomic E-state index is 0.589. The molecule has 128 valence electrons. The Morgan fingerprint density at radius 2 is 1.40 bits per heavy atom. The Morgan fingerprint density at radius 1 is 0.760 bits per heavy atom. The van der Waals surface area contributed by atoms with E-state index in [0.717, 1.165) is 34.4 Å². The molecule has 0 atom stereocenters. The second-order valence-corrected chi connectivity index (χ2v) is 6.42. The monoisotopic (exact) mass is 372 g/mol. The average molecular weight is 373 g/mol. The predicted octanol–water partition coefficient (Wildman–Crippen LogP) is 5.05. The fourth-order valence-electron chi connectivity index (χ4n) is 2.31. The molecular weight excluding hydrogens is 355 g/mol. The molecule has 3 rings (SSSR count). The van der Waals surface area contributed by atoms with Crippen molar-refractivity contribution in [2.24, 2.45) is 0 Å². The molecule has 0 spiro atoms. The lowest BCUT2D eigenvalue weighted by Crippen LogP contribution is -2.09. The van der Waals surface area contributed by atoms with Crippen LogP contribution in [0.1, 0.15) is 11.1 Å². The molecule has 0 aliphatic rings. The lowest BCUT2D eigenvalue weighted by molar-refractivity contribution is 0.991. The molecule has 4 nitrogen and oxygen atoms in total. The minimum absolute atomic E-state index is 0.589. The smallest absolute Gasteiger partial charge is 0.224 e. The van der Waals surface area contributed by atoms with E-state index >= 15 is 0 Å². The van der Waals surface area contributed by atoms with E-state index in [1.54, 1.807) is 6.20 Å². The van der Waals surface area contributed by atoms with Crippen LogP contribution in [0, 0.1) is 0 Å². The fourth-order valence-corrected chi connectivity index (χ4v) is 2.56. The number of nitrogens with one attached hydrogen (secondary N) is 2. The van der Waals surface area contributed by atoms with Gasteiger partial charge < -0.3 is 10.6 Å². The third-order valence-corrected chi connectivity index (χ3v) is 4.16. The third-order valence-electron chi connectivity index (χ3n) is 3.65. The number of rotatable bonds is 7. The normalized spacial score (nSPS) is 10.5. The zero-order valence-electron chi connectivity index (χ0n) is 13.5. The van der Waals surface area contributed by atoms with Crippen molar-refractivity contribution in [3.05, 3.63) is 82.0 Å². The zero-order valence-corrected chi connectivity index (χ0v) is 15.1. The van der Waals surface area contributed by atoms with Crippen LogP contribution in [0.25, 0.3) is 0 Å². The molecule has 2 aromatic carbocycles. The van der Waals surface area contributed by atoms with Crippen molar-refractivity contribution >= 4 is 35.0 Å². The van der Waals surface area contributed by atoms with Gasteiger partial charge in [-0.2, -0.15) is 4.98 Å². The molecule has 0 saturated carbocycles. The van der Waals surface area contributed by atoms with E-state index in [9.17, 15) is 0 Å². The van der Waals surface area contributed by atoms with Crippen LogP contribution in [0.5, 0.6) is 0 Å². The molecule has 0 saturated heterocycles. The number of nitrogens with zero attached hydrogens (tertiary/aromatic N) is 2. The molecule has 0 radical (unpaired) electrons. The Morgan fingerprint density at radius 3 is 2.08 bits per heavy atom. The molecule has 6 heteroatoms. The third kappa shape index (κ3) is 5.62. The van der Waals surface area contributed by atoms with Gasteiger partial charge in [0.25, 0.3) is 0 Å². The highest BCUT2D eigenvalue weighted by atomic mass is 35.5. The highest BCUT2D eigenvalue weighted by molar-refractivity contribution is 6.30. The van der Waals surface area contributed by atoms with Gasteiger partial charge in [0.05, 0.1) is 0 Å². The second kappa shape index (κ2) is 8.70. The van der Waals surface area contributed by atoms with E-state index in [4.69, 9.17) is 23.2 Å². The molecular formula is C19H18Cl2N4. The van der Waals surface area contributed by atoms with Crippen LogP contribution >= 0.6 is 23.2 Å². The summed E-state index contributed by atoms with van der Waals surface area (Å²) in [5, 5.41) is 8.01. The van der Waals surface area contributed by atoms with Crippen LogP contribution in [-0.2, 0) is 13.0 Å². The number of hydrogen-bond donors (Lipinski definition) is 2. The maximum absolute atomic E-state index is 5.89. The van der Waals surface area contributed by atoms with Crippen LogP contribution in [0.2, 0.25) is 10.0 Å². The molecule has 0 bridgehead atoms. The predicted molar refractivity (Wildman–Crippen MR) is 104 cm³/mol. The summed E-state index contributed by atoms with van der Waals surface area (Å²) in [6.07, 6.45) is 2.64. The summed E-state index contributed by atoms with van der Waals surface area (Å²) in [7, 11) is 0. The Labute approximate surface area is 157 Å². The maximum atomic E-state index is 5.89. The Bertz CT molecular complexity index is 804. The van der Waals surface area contributed by atoms with Crippen LogP contribution in [0.15, 0.2) is 60.8 Å². The van der Waals surface area contributed by atoms with E-state index in [-0.39, 0.29) is 0 Å². The van der Waals surface area contributed by atoms with Crippen molar-refractivity contribution in [3.63, 3.8) is 0 Å². The molecule has 0 aliphatic heterocycles. The van der Waals surface area contributed by atoms with Crippen LogP contribution in [0.3, 0.4) is 0 Å². The Hall–Kier alpha value is -2.30. The molecule has 0 fully saturated rings. The number of anilines is 2. The summed E-state index contributed by atoms with van der Waals surface area (Å²) in [5.74, 6) is 1.38. The minimum Gasteiger partial charge on any atom is -0.370 e.